The minimum absolute atomic E-state index is 0.629. The van der Waals surface area contributed by atoms with Gasteiger partial charge < -0.3 is 58.0 Å². The molecule has 10 atom stereocenters. The van der Waals surface area contributed by atoms with Gasteiger partial charge in [0.2, 0.25) is 11.8 Å². The molecule has 2 heterocycles. The van der Waals surface area contributed by atoms with Gasteiger partial charge in [0.25, 0.3) is 0 Å². The second kappa shape index (κ2) is 22.5. The van der Waals surface area contributed by atoms with Gasteiger partial charge in [-0.15, -0.1) is 0 Å². The van der Waals surface area contributed by atoms with Gasteiger partial charge in [-0.25, -0.2) is 9.59 Å². The van der Waals surface area contributed by atoms with E-state index in [9.17, 15) is 57.5 Å². The zero-order valence-corrected chi connectivity index (χ0v) is 32.9. The summed E-state index contributed by atoms with van der Waals surface area (Å²) in [5.74, 6) is -10.0. The van der Waals surface area contributed by atoms with Crippen LogP contribution >= 0.6 is 0 Å². The first-order valence-electron chi connectivity index (χ1n) is 17.3. The van der Waals surface area contributed by atoms with Gasteiger partial charge >= 0.3 is 59.8 Å². The molecule has 0 aromatic rings. The van der Waals surface area contributed by atoms with Crippen LogP contribution in [0.1, 0.15) is 61.8 Å². The van der Waals surface area contributed by atoms with Crippen molar-refractivity contribution in [1.82, 2.24) is 21.3 Å². The molecule has 59 heavy (non-hydrogen) atoms. The van der Waals surface area contributed by atoms with Crippen LogP contribution in [0.15, 0.2) is 0 Å². The molecule has 0 aromatic carbocycles. The average molecular weight is 849 g/mol. The number of rotatable bonds is 14. The summed E-state index contributed by atoms with van der Waals surface area (Å²) in [4.78, 5) is 146. The second-order valence-electron chi connectivity index (χ2n) is 12.5. The number of amides is 6. The molecule has 26 nitrogen and oxygen atoms in total. The molecule has 0 bridgehead atoms. The fourth-order valence-corrected chi connectivity index (χ4v) is 5.51. The molecule has 2 fully saturated rings. The third kappa shape index (κ3) is 16.5. The highest BCUT2D eigenvalue weighted by Crippen LogP contribution is 2.30. The quantitative estimate of drug-likeness (QED) is 0.0779. The maximum Gasteiger partial charge on any atom is 0.323 e. The number of esters is 8. The Bertz CT molecular complexity index is 1550. The van der Waals surface area contributed by atoms with Crippen molar-refractivity contribution in [2.45, 2.75) is 123 Å². The lowest BCUT2D eigenvalue weighted by atomic mass is 9.97. The summed E-state index contributed by atoms with van der Waals surface area (Å²) in [5, 5.41) is 7.78. The molecule has 2 saturated heterocycles. The van der Waals surface area contributed by atoms with Crippen molar-refractivity contribution >= 4 is 71.6 Å². The highest BCUT2D eigenvalue weighted by molar-refractivity contribution is 6.07. The Morgan fingerprint density at radius 1 is 0.390 bits per heavy atom. The molecule has 26 heteroatoms. The monoisotopic (exact) mass is 848 g/mol. The molecule has 6 amide bonds. The number of imide groups is 2. The largest absolute Gasteiger partial charge is 0.463 e. The number of carbonyl (C=O) groups is 12. The van der Waals surface area contributed by atoms with Crippen LogP contribution in [0.3, 0.4) is 0 Å². The fourth-order valence-electron chi connectivity index (χ4n) is 5.51. The van der Waals surface area contributed by atoms with Gasteiger partial charge in [0, 0.05) is 55.4 Å². The number of urea groups is 2. The standard InChI is InChI=1S/C33H44N4O22/c1-12(38)50-10-20-24(52-14(3)40)26(54-16(5)42)28(56-18(7)44)30(58-20)36-32(48)34-22(46)9-23(47)35-33(49)37-31-29(57-19(8)45)27(55-17(6)43)25(53-15(4)41)21(59-31)11-51-13(2)39/h20-21,24-31H,9-11H2,1-8H3,(H2,34,36,46,48)(H2,35,37,47,49)/t20-,21-,24-,25-,26+,27+,28-,29-,30-,31-/m1/s1. The van der Waals surface area contributed by atoms with Crippen LogP contribution in [0.5, 0.6) is 0 Å². The van der Waals surface area contributed by atoms with E-state index in [2.05, 4.69) is 10.6 Å². The summed E-state index contributed by atoms with van der Waals surface area (Å²) in [6.07, 6.45) is -17.6. The summed E-state index contributed by atoms with van der Waals surface area (Å²) in [6.45, 7) is 6.64. The van der Waals surface area contributed by atoms with Gasteiger partial charge in [0.15, 0.2) is 49.1 Å². The van der Waals surface area contributed by atoms with Gasteiger partial charge in [0.1, 0.15) is 31.8 Å². The topological polar surface area (TPSA) is 345 Å². The molecule has 0 spiro atoms. The number of carbonyl (C=O) groups excluding carboxylic acids is 12. The zero-order chi connectivity index (χ0) is 44.7. The summed E-state index contributed by atoms with van der Waals surface area (Å²) in [6, 6.07) is -2.80. The normalized spacial score (nSPS) is 25.8. The van der Waals surface area contributed by atoms with Gasteiger partial charge in [-0.05, 0) is 0 Å². The van der Waals surface area contributed by atoms with Crippen molar-refractivity contribution in [1.29, 1.82) is 0 Å². The lowest BCUT2D eigenvalue weighted by molar-refractivity contribution is -0.255. The van der Waals surface area contributed by atoms with Crippen molar-refractivity contribution in [2.75, 3.05) is 13.2 Å². The molecular formula is C33H44N4O22. The fraction of sp³-hybridized carbons (Fsp3) is 0.636. The van der Waals surface area contributed by atoms with E-state index in [4.69, 9.17) is 47.4 Å². The van der Waals surface area contributed by atoms with Crippen LogP contribution in [-0.2, 0) is 95.3 Å². The Morgan fingerprint density at radius 2 is 0.661 bits per heavy atom. The predicted molar refractivity (Wildman–Crippen MR) is 182 cm³/mol. The molecule has 328 valence electrons. The summed E-state index contributed by atoms with van der Waals surface area (Å²) >= 11 is 0. The predicted octanol–water partition coefficient (Wildman–Crippen LogP) is -2.81. The van der Waals surface area contributed by atoms with Crippen LogP contribution in [0.4, 0.5) is 9.59 Å². The van der Waals surface area contributed by atoms with Crippen LogP contribution in [0.2, 0.25) is 0 Å². The molecule has 0 aliphatic carbocycles. The van der Waals surface area contributed by atoms with E-state index in [-0.39, 0.29) is 0 Å². The summed E-state index contributed by atoms with van der Waals surface area (Å²) < 4.78 is 52.6. The minimum atomic E-state index is -1.79. The Balaban J connectivity index is 2.23. The van der Waals surface area contributed by atoms with E-state index < -0.39 is 153 Å². The second-order valence-corrected chi connectivity index (χ2v) is 12.5. The van der Waals surface area contributed by atoms with Crippen LogP contribution in [0, 0.1) is 0 Å². The van der Waals surface area contributed by atoms with E-state index in [0.29, 0.717) is 0 Å². The number of hydrogen-bond acceptors (Lipinski definition) is 22. The molecule has 2 rings (SSSR count). The molecule has 2 aliphatic rings. The van der Waals surface area contributed by atoms with Crippen molar-refractivity contribution in [3.8, 4) is 0 Å². The number of ether oxygens (including phenoxy) is 10. The maximum atomic E-state index is 12.9. The van der Waals surface area contributed by atoms with Gasteiger partial charge in [-0.1, -0.05) is 0 Å². The molecule has 4 N–H and O–H groups in total. The minimum Gasteiger partial charge on any atom is -0.463 e. The van der Waals surface area contributed by atoms with E-state index in [1.807, 2.05) is 0 Å². The molecular weight excluding hydrogens is 804 g/mol. The first kappa shape index (κ1) is 48.7. The lowest BCUT2D eigenvalue weighted by Crippen LogP contribution is -2.67. The summed E-state index contributed by atoms with van der Waals surface area (Å²) in [7, 11) is 0. The first-order chi connectivity index (χ1) is 27.5. The van der Waals surface area contributed by atoms with E-state index in [0.717, 1.165) is 55.4 Å². The molecule has 0 radical (unpaired) electrons. The number of hydrogen-bond donors (Lipinski definition) is 4. The van der Waals surface area contributed by atoms with Crippen molar-refractivity contribution in [3.05, 3.63) is 0 Å². The molecule has 0 saturated carbocycles. The SMILES string of the molecule is CC(=O)OC[C@H]1O[C@@H](NC(=O)NC(=O)CC(=O)NC(=O)N[C@@H]2O[C@H](COC(C)=O)[C@@H](OC(C)=O)[C@H](OC(C)=O)[C@H]2OC(C)=O)[C@H](OC(C)=O)[C@@H](OC(C)=O)[C@@H]1OC(C)=O. The lowest BCUT2D eigenvalue weighted by Gasteiger charge is -2.44. The Morgan fingerprint density at radius 3 is 0.932 bits per heavy atom. The Kier molecular flexibility index (Phi) is 18.6. The third-order valence-electron chi connectivity index (χ3n) is 7.36. The molecule has 0 unspecified atom stereocenters. The van der Waals surface area contributed by atoms with Gasteiger partial charge in [0.05, 0.1) is 0 Å². The molecule has 2 aliphatic heterocycles. The van der Waals surface area contributed by atoms with Crippen molar-refractivity contribution in [3.63, 3.8) is 0 Å². The van der Waals surface area contributed by atoms with Crippen molar-refractivity contribution < 1.29 is 105 Å². The van der Waals surface area contributed by atoms with Crippen LogP contribution < -0.4 is 21.3 Å². The summed E-state index contributed by atoms with van der Waals surface area (Å²) in [5.41, 5.74) is 0. The third-order valence-corrected chi connectivity index (χ3v) is 7.36. The Labute approximate surface area is 334 Å². The maximum absolute atomic E-state index is 12.9. The average Bonchev–Trinajstić information content (AvgIpc) is 3.06. The van der Waals surface area contributed by atoms with E-state index in [1.165, 1.54) is 0 Å². The highest BCUT2D eigenvalue weighted by Gasteiger charge is 2.54. The highest BCUT2D eigenvalue weighted by atomic mass is 16.7. The van der Waals surface area contributed by atoms with Gasteiger partial charge in [-0.2, -0.15) is 0 Å². The van der Waals surface area contributed by atoms with Crippen LogP contribution in [-0.4, -0.2) is 146 Å². The molecule has 0 aromatic heterocycles. The zero-order valence-electron chi connectivity index (χ0n) is 32.9. The number of nitrogens with one attached hydrogen (secondary N) is 4. The smallest absolute Gasteiger partial charge is 0.323 e. The van der Waals surface area contributed by atoms with Crippen molar-refractivity contribution in [2.24, 2.45) is 0 Å². The first-order valence-corrected chi connectivity index (χ1v) is 17.3. The Hall–Kier alpha value is -6.44. The van der Waals surface area contributed by atoms with Crippen LogP contribution in [0.25, 0.3) is 0 Å². The van der Waals surface area contributed by atoms with E-state index >= 15 is 0 Å². The van der Waals surface area contributed by atoms with Gasteiger partial charge in [-0.3, -0.25) is 58.6 Å². The van der Waals surface area contributed by atoms with E-state index in [1.54, 1.807) is 10.6 Å².